The molecule has 4 rings (SSSR count). The molecule has 5 heteroatoms. The van der Waals surface area contributed by atoms with Crippen molar-refractivity contribution in [2.45, 2.75) is 37.8 Å². The molecule has 2 fully saturated rings. The Hall–Kier alpha value is -1.20. The molecule has 1 aliphatic carbocycles. The maximum absolute atomic E-state index is 4.61. The third kappa shape index (κ3) is 2.77. The van der Waals surface area contributed by atoms with Crippen LogP contribution in [0.2, 0.25) is 0 Å². The first-order chi connectivity index (χ1) is 10.3. The Kier molecular flexibility index (Phi) is 3.55. The van der Waals surface area contributed by atoms with Gasteiger partial charge < -0.3 is 10.2 Å². The standard InChI is InChI=1S/C16H19BrN4/c17-11-8-14-16(20-9-11)15(5-7-19-14)21(13-3-4-13)10-12-2-1-6-18-12/h5,7-9,12-13,18H,1-4,6,10H2. The SMILES string of the molecule is Brc1cnc2c(N(CC3CCCN3)C3CC3)ccnc2c1. The molecule has 3 heterocycles. The van der Waals surface area contributed by atoms with Crippen LogP contribution in [0.15, 0.2) is 29.0 Å². The summed E-state index contributed by atoms with van der Waals surface area (Å²) < 4.78 is 0.982. The van der Waals surface area contributed by atoms with Crippen molar-refractivity contribution in [3.63, 3.8) is 0 Å². The van der Waals surface area contributed by atoms with Crippen molar-refractivity contribution in [1.82, 2.24) is 15.3 Å². The fourth-order valence-corrected chi connectivity index (χ4v) is 3.52. The number of hydrogen-bond donors (Lipinski definition) is 1. The Labute approximate surface area is 133 Å². The van der Waals surface area contributed by atoms with Gasteiger partial charge in [-0.3, -0.25) is 9.97 Å². The zero-order valence-corrected chi connectivity index (χ0v) is 13.5. The minimum Gasteiger partial charge on any atom is -0.365 e. The minimum atomic E-state index is 0.615. The largest absolute Gasteiger partial charge is 0.365 e. The summed E-state index contributed by atoms with van der Waals surface area (Å²) in [5.74, 6) is 0. The first kappa shape index (κ1) is 13.5. The van der Waals surface area contributed by atoms with Gasteiger partial charge in [-0.25, -0.2) is 0 Å². The summed E-state index contributed by atoms with van der Waals surface area (Å²) >= 11 is 3.48. The van der Waals surface area contributed by atoms with Crippen molar-refractivity contribution in [2.24, 2.45) is 0 Å². The summed E-state index contributed by atoms with van der Waals surface area (Å²) in [4.78, 5) is 11.6. The van der Waals surface area contributed by atoms with Gasteiger partial charge >= 0.3 is 0 Å². The van der Waals surface area contributed by atoms with Crippen LogP contribution in [0.25, 0.3) is 11.0 Å². The molecule has 1 saturated heterocycles. The highest BCUT2D eigenvalue weighted by atomic mass is 79.9. The number of nitrogens with one attached hydrogen (secondary N) is 1. The van der Waals surface area contributed by atoms with E-state index < -0.39 is 0 Å². The molecular formula is C16H19BrN4. The van der Waals surface area contributed by atoms with Crippen LogP contribution in [-0.2, 0) is 0 Å². The fourth-order valence-electron chi connectivity index (χ4n) is 3.20. The second kappa shape index (κ2) is 5.54. The smallest absolute Gasteiger partial charge is 0.112 e. The number of aromatic nitrogens is 2. The van der Waals surface area contributed by atoms with Crippen molar-refractivity contribution in [2.75, 3.05) is 18.0 Å². The minimum absolute atomic E-state index is 0.615. The van der Waals surface area contributed by atoms with Gasteiger partial charge in [0.25, 0.3) is 0 Å². The number of fused-ring (bicyclic) bond motifs is 1. The molecular weight excluding hydrogens is 328 g/mol. The summed E-state index contributed by atoms with van der Waals surface area (Å²) in [6.07, 6.45) is 8.95. The zero-order valence-electron chi connectivity index (χ0n) is 11.9. The monoisotopic (exact) mass is 346 g/mol. The van der Waals surface area contributed by atoms with Crippen molar-refractivity contribution in [3.8, 4) is 0 Å². The van der Waals surface area contributed by atoms with Gasteiger partial charge in [-0.1, -0.05) is 0 Å². The molecule has 0 bridgehead atoms. The molecule has 1 atom stereocenters. The van der Waals surface area contributed by atoms with E-state index in [1.165, 1.54) is 31.4 Å². The predicted octanol–water partition coefficient (Wildman–Crippen LogP) is 3.11. The van der Waals surface area contributed by atoms with Crippen molar-refractivity contribution >= 4 is 32.7 Å². The molecule has 1 N–H and O–H groups in total. The van der Waals surface area contributed by atoms with Crippen LogP contribution in [0, 0.1) is 0 Å². The fraction of sp³-hybridized carbons (Fsp3) is 0.500. The van der Waals surface area contributed by atoms with E-state index in [2.05, 4.69) is 42.2 Å². The topological polar surface area (TPSA) is 41.1 Å². The average Bonchev–Trinajstić information content (AvgIpc) is 3.21. The lowest BCUT2D eigenvalue weighted by molar-refractivity contribution is 0.579. The van der Waals surface area contributed by atoms with Gasteiger partial charge in [0.05, 0.1) is 11.2 Å². The van der Waals surface area contributed by atoms with Crippen molar-refractivity contribution in [1.29, 1.82) is 0 Å². The summed E-state index contributed by atoms with van der Waals surface area (Å²) in [5, 5.41) is 3.61. The van der Waals surface area contributed by atoms with E-state index >= 15 is 0 Å². The molecule has 4 nitrogen and oxygen atoms in total. The Morgan fingerprint density at radius 1 is 1.29 bits per heavy atom. The number of rotatable bonds is 4. The third-order valence-corrected chi connectivity index (χ3v) is 4.83. The van der Waals surface area contributed by atoms with E-state index in [0.717, 1.165) is 28.6 Å². The number of halogens is 1. The first-order valence-electron chi connectivity index (χ1n) is 7.71. The Morgan fingerprint density at radius 3 is 2.95 bits per heavy atom. The molecule has 0 aromatic carbocycles. The van der Waals surface area contributed by atoms with Crippen LogP contribution in [-0.4, -0.2) is 35.1 Å². The molecule has 2 aliphatic rings. The molecule has 1 saturated carbocycles. The highest BCUT2D eigenvalue weighted by Gasteiger charge is 2.32. The maximum atomic E-state index is 4.61. The lowest BCUT2D eigenvalue weighted by Crippen LogP contribution is -2.39. The number of nitrogens with zero attached hydrogens (tertiary/aromatic N) is 3. The van der Waals surface area contributed by atoms with Gasteiger partial charge in [0, 0.05) is 35.5 Å². The van der Waals surface area contributed by atoms with Crippen LogP contribution in [0.1, 0.15) is 25.7 Å². The highest BCUT2D eigenvalue weighted by Crippen LogP contribution is 2.35. The van der Waals surface area contributed by atoms with Gasteiger partial charge in [-0.05, 0) is 60.3 Å². The molecule has 2 aromatic rings. The van der Waals surface area contributed by atoms with E-state index in [1.807, 2.05) is 18.5 Å². The number of pyridine rings is 2. The van der Waals surface area contributed by atoms with Gasteiger partial charge in [0.1, 0.15) is 5.52 Å². The normalized spacial score (nSPS) is 21.9. The Morgan fingerprint density at radius 2 is 2.19 bits per heavy atom. The lowest BCUT2D eigenvalue weighted by Gasteiger charge is -2.28. The average molecular weight is 347 g/mol. The van der Waals surface area contributed by atoms with Crippen LogP contribution in [0.5, 0.6) is 0 Å². The first-order valence-corrected chi connectivity index (χ1v) is 8.51. The number of anilines is 1. The molecule has 0 radical (unpaired) electrons. The highest BCUT2D eigenvalue weighted by molar-refractivity contribution is 9.10. The van der Waals surface area contributed by atoms with E-state index in [1.54, 1.807) is 0 Å². The van der Waals surface area contributed by atoms with E-state index in [4.69, 9.17) is 0 Å². The second-order valence-corrected chi connectivity index (χ2v) is 6.94. The molecule has 1 unspecified atom stereocenters. The Bertz CT molecular complexity index is 650. The third-order valence-electron chi connectivity index (χ3n) is 4.40. The summed E-state index contributed by atoms with van der Waals surface area (Å²) in [7, 11) is 0. The van der Waals surface area contributed by atoms with E-state index in [9.17, 15) is 0 Å². The van der Waals surface area contributed by atoms with Gasteiger partial charge in [-0.15, -0.1) is 0 Å². The molecule has 2 aromatic heterocycles. The maximum Gasteiger partial charge on any atom is 0.112 e. The molecule has 0 spiro atoms. The summed E-state index contributed by atoms with van der Waals surface area (Å²) in [6.45, 7) is 2.24. The quantitative estimate of drug-likeness (QED) is 0.923. The van der Waals surface area contributed by atoms with Gasteiger partial charge in [0.2, 0.25) is 0 Å². The molecule has 1 aliphatic heterocycles. The summed E-state index contributed by atoms with van der Waals surface area (Å²) in [5.41, 5.74) is 3.22. The molecule has 110 valence electrons. The van der Waals surface area contributed by atoms with Crippen LogP contribution < -0.4 is 10.2 Å². The van der Waals surface area contributed by atoms with Crippen LogP contribution in [0.3, 0.4) is 0 Å². The van der Waals surface area contributed by atoms with Crippen molar-refractivity contribution in [3.05, 3.63) is 29.0 Å². The summed E-state index contributed by atoms with van der Waals surface area (Å²) in [6, 6.07) is 5.47. The van der Waals surface area contributed by atoms with Crippen LogP contribution >= 0.6 is 15.9 Å². The Balaban J connectivity index is 1.71. The van der Waals surface area contributed by atoms with Gasteiger partial charge in [0.15, 0.2) is 0 Å². The van der Waals surface area contributed by atoms with Gasteiger partial charge in [-0.2, -0.15) is 0 Å². The molecule has 0 amide bonds. The van der Waals surface area contributed by atoms with Crippen LogP contribution in [0.4, 0.5) is 5.69 Å². The van der Waals surface area contributed by atoms with Crippen molar-refractivity contribution < 1.29 is 0 Å². The van der Waals surface area contributed by atoms with E-state index in [0.29, 0.717) is 12.1 Å². The number of hydrogen-bond acceptors (Lipinski definition) is 4. The molecule has 21 heavy (non-hydrogen) atoms. The zero-order chi connectivity index (χ0) is 14.2. The van der Waals surface area contributed by atoms with E-state index in [-0.39, 0.29) is 0 Å². The lowest BCUT2D eigenvalue weighted by atomic mass is 10.2. The predicted molar refractivity (Wildman–Crippen MR) is 88.6 cm³/mol. The second-order valence-electron chi connectivity index (χ2n) is 6.03.